The molecule has 1 fully saturated rings. The van der Waals surface area contributed by atoms with Gasteiger partial charge in [0.05, 0.1) is 34.7 Å². The summed E-state index contributed by atoms with van der Waals surface area (Å²) < 4.78 is 15.2. The average molecular weight is 398 g/mol. The highest BCUT2D eigenvalue weighted by Gasteiger charge is 2.23. The van der Waals surface area contributed by atoms with E-state index in [9.17, 15) is 9.18 Å². The molecule has 29 heavy (non-hydrogen) atoms. The van der Waals surface area contributed by atoms with Crippen molar-refractivity contribution in [1.82, 2.24) is 24.6 Å². The molecule has 0 unspecified atom stereocenters. The zero-order valence-electron chi connectivity index (χ0n) is 17.1. The Morgan fingerprint density at radius 1 is 1.38 bits per heavy atom. The Morgan fingerprint density at radius 2 is 2.21 bits per heavy atom. The Hall–Kier alpha value is -2.74. The van der Waals surface area contributed by atoms with Crippen molar-refractivity contribution < 1.29 is 9.18 Å². The number of rotatable bonds is 5. The molecular weight excluding hydrogens is 371 g/mol. The van der Waals surface area contributed by atoms with Crippen LogP contribution in [-0.4, -0.2) is 50.2 Å². The number of H-pyrrole nitrogens is 1. The maximum absolute atomic E-state index is 13.4. The lowest BCUT2D eigenvalue weighted by molar-refractivity contribution is -0.117. The topological polar surface area (TPSA) is 78.8 Å². The van der Waals surface area contributed by atoms with Gasteiger partial charge in [-0.2, -0.15) is 5.10 Å². The minimum absolute atomic E-state index is 0.0101. The summed E-state index contributed by atoms with van der Waals surface area (Å²) in [5.74, 6) is 1.03. The van der Waals surface area contributed by atoms with Gasteiger partial charge in [0.25, 0.3) is 0 Å². The molecule has 1 aliphatic heterocycles. The lowest BCUT2D eigenvalue weighted by atomic mass is 9.94. The standard InChI is InChI=1S/C21H27FN6O/c1-13-21(14(2)27(3)26-13)25-20(29)12-28-8-4-5-15(11-28)9-19-23-17-7-6-16(22)10-18(17)24-19/h6-7,10,15H,4-5,8-9,11-12H2,1-3H3,(H,23,24)(H,25,29)/t15-/m1/s1. The molecule has 2 aromatic heterocycles. The number of aryl methyl sites for hydroxylation is 2. The van der Waals surface area contributed by atoms with Crippen molar-refractivity contribution >= 4 is 22.6 Å². The van der Waals surface area contributed by atoms with Crippen molar-refractivity contribution in [3.05, 3.63) is 41.2 Å². The van der Waals surface area contributed by atoms with Gasteiger partial charge in [-0.3, -0.25) is 14.4 Å². The summed E-state index contributed by atoms with van der Waals surface area (Å²) in [7, 11) is 1.87. The van der Waals surface area contributed by atoms with Crippen LogP contribution in [0.1, 0.15) is 30.1 Å². The summed E-state index contributed by atoms with van der Waals surface area (Å²) in [6, 6.07) is 4.61. The Morgan fingerprint density at radius 3 is 2.97 bits per heavy atom. The Kier molecular flexibility index (Phi) is 5.36. The number of imidazole rings is 1. The highest BCUT2D eigenvalue weighted by molar-refractivity contribution is 5.93. The number of nitrogens with one attached hydrogen (secondary N) is 2. The van der Waals surface area contributed by atoms with E-state index in [1.54, 1.807) is 10.7 Å². The molecule has 3 aromatic rings. The van der Waals surface area contributed by atoms with Crippen molar-refractivity contribution in [3.8, 4) is 0 Å². The monoisotopic (exact) mass is 398 g/mol. The molecule has 8 heteroatoms. The molecule has 3 heterocycles. The van der Waals surface area contributed by atoms with Crippen LogP contribution >= 0.6 is 0 Å². The number of likely N-dealkylation sites (tertiary alicyclic amines) is 1. The summed E-state index contributed by atoms with van der Waals surface area (Å²) in [4.78, 5) is 22.6. The quantitative estimate of drug-likeness (QED) is 0.693. The predicted octanol–water partition coefficient (Wildman–Crippen LogP) is 2.95. The van der Waals surface area contributed by atoms with Crippen LogP contribution in [0.4, 0.5) is 10.1 Å². The molecule has 7 nitrogen and oxygen atoms in total. The highest BCUT2D eigenvalue weighted by Crippen LogP contribution is 2.22. The molecule has 1 amide bonds. The number of aromatic amines is 1. The molecule has 0 saturated carbocycles. The van der Waals surface area contributed by atoms with Crippen molar-refractivity contribution in [1.29, 1.82) is 0 Å². The van der Waals surface area contributed by atoms with Crippen LogP contribution in [0.15, 0.2) is 18.2 Å². The second-order valence-electron chi connectivity index (χ2n) is 8.01. The molecule has 2 N–H and O–H groups in total. The number of nitrogens with zero attached hydrogens (tertiary/aromatic N) is 4. The van der Waals surface area contributed by atoms with E-state index in [1.165, 1.54) is 12.1 Å². The van der Waals surface area contributed by atoms with Crippen LogP contribution in [0.5, 0.6) is 0 Å². The van der Waals surface area contributed by atoms with E-state index in [1.807, 2.05) is 20.9 Å². The van der Waals surface area contributed by atoms with Crippen molar-refractivity contribution in [2.24, 2.45) is 13.0 Å². The van der Waals surface area contributed by atoms with Crippen LogP contribution in [0.3, 0.4) is 0 Å². The van der Waals surface area contributed by atoms with Crippen LogP contribution < -0.4 is 5.32 Å². The number of benzene rings is 1. The number of carbonyl (C=O) groups is 1. The maximum Gasteiger partial charge on any atom is 0.238 e. The van der Waals surface area contributed by atoms with Gasteiger partial charge in [0.2, 0.25) is 5.91 Å². The molecule has 0 aliphatic carbocycles. The first-order valence-electron chi connectivity index (χ1n) is 10.1. The van der Waals surface area contributed by atoms with E-state index in [0.717, 1.165) is 66.3 Å². The zero-order valence-corrected chi connectivity index (χ0v) is 17.1. The highest BCUT2D eigenvalue weighted by atomic mass is 19.1. The van der Waals surface area contributed by atoms with E-state index in [2.05, 4.69) is 25.3 Å². The Balaban J connectivity index is 1.35. The Labute approximate surface area is 169 Å². The predicted molar refractivity (Wildman–Crippen MR) is 110 cm³/mol. The van der Waals surface area contributed by atoms with Crippen molar-refractivity contribution in [2.45, 2.75) is 33.1 Å². The number of hydrogen-bond donors (Lipinski definition) is 2. The third-order valence-corrected chi connectivity index (χ3v) is 5.72. The normalized spacial score (nSPS) is 17.7. The first-order chi connectivity index (χ1) is 13.9. The van der Waals surface area contributed by atoms with Crippen LogP contribution in [0, 0.1) is 25.6 Å². The van der Waals surface area contributed by atoms with E-state index >= 15 is 0 Å². The van der Waals surface area contributed by atoms with E-state index in [0.29, 0.717) is 12.5 Å². The third kappa shape index (κ3) is 4.32. The summed E-state index contributed by atoms with van der Waals surface area (Å²) in [6.07, 6.45) is 2.96. The molecule has 1 aliphatic rings. The largest absolute Gasteiger partial charge is 0.342 e. The minimum atomic E-state index is -0.262. The van der Waals surface area contributed by atoms with Gasteiger partial charge in [-0.1, -0.05) is 0 Å². The molecule has 1 saturated heterocycles. The van der Waals surface area contributed by atoms with Gasteiger partial charge >= 0.3 is 0 Å². The summed E-state index contributed by atoms with van der Waals surface area (Å²) in [5.41, 5.74) is 4.11. The second-order valence-corrected chi connectivity index (χ2v) is 8.01. The summed E-state index contributed by atoms with van der Waals surface area (Å²) >= 11 is 0. The van der Waals surface area contributed by atoms with Gasteiger partial charge in [-0.15, -0.1) is 0 Å². The Bertz CT molecular complexity index is 1040. The number of aromatic nitrogens is 4. The van der Waals surface area contributed by atoms with E-state index < -0.39 is 0 Å². The summed E-state index contributed by atoms with van der Waals surface area (Å²) in [5, 5.41) is 7.36. The maximum atomic E-state index is 13.4. The lowest BCUT2D eigenvalue weighted by Crippen LogP contribution is -2.41. The fraction of sp³-hybridized carbons (Fsp3) is 0.476. The number of amides is 1. The molecular formula is C21H27FN6O. The molecule has 154 valence electrons. The second kappa shape index (κ2) is 7.94. The van der Waals surface area contributed by atoms with E-state index in [-0.39, 0.29) is 11.7 Å². The van der Waals surface area contributed by atoms with Crippen molar-refractivity contribution in [3.63, 3.8) is 0 Å². The molecule has 0 bridgehead atoms. The number of halogens is 1. The van der Waals surface area contributed by atoms with Gasteiger partial charge in [0.15, 0.2) is 0 Å². The number of fused-ring (bicyclic) bond motifs is 1. The van der Waals surface area contributed by atoms with Crippen LogP contribution in [0.2, 0.25) is 0 Å². The van der Waals surface area contributed by atoms with Gasteiger partial charge in [-0.05, 0) is 57.4 Å². The molecule has 0 spiro atoms. The first kappa shape index (κ1) is 19.6. The molecule has 0 radical (unpaired) electrons. The number of carbonyl (C=O) groups excluding carboxylic acids is 1. The molecule has 1 aromatic carbocycles. The number of piperidine rings is 1. The van der Waals surface area contributed by atoms with Gasteiger partial charge < -0.3 is 10.3 Å². The molecule has 1 atom stereocenters. The first-order valence-corrected chi connectivity index (χ1v) is 10.1. The van der Waals surface area contributed by atoms with Crippen molar-refractivity contribution in [2.75, 3.05) is 25.0 Å². The lowest BCUT2D eigenvalue weighted by Gasteiger charge is -2.31. The van der Waals surface area contributed by atoms with Gasteiger partial charge in [0.1, 0.15) is 11.6 Å². The zero-order chi connectivity index (χ0) is 20.5. The van der Waals surface area contributed by atoms with E-state index in [4.69, 9.17) is 0 Å². The fourth-order valence-corrected chi connectivity index (χ4v) is 4.20. The summed E-state index contributed by atoms with van der Waals surface area (Å²) in [6.45, 7) is 5.99. The number of anilines is 1. The average Bonchev–Trinajstić information content (AvgIpc) is 3.16. The third-order valence-electron chi connectivity index (χ3n) is 5.72. The minimum Gasteiger partial charge on any atom is -0.342 e. The fourth-order valence-electron chi connectivity index (χ4n) is 4.20. The van der Waals surface area contributed by atoms with Gasteiger partial charge in [0, 0.05) is 20.0 Å². The SMILES string of the molecule is Cc1nn(C)c(C)c1NC(=O)CN1CCC[C@H](Cc2nc3ccc(F)cc3[nH]2)C1. The van der Waals surface area contributed by atoms with Crippen LogP contribution in [0.25, 0.3) is 11.0 Å². The van der Waals surface area contributed by atoms with Gasteiger partial charge in [-0.25, -0.2) is 9.37 Å². The molecule has 4 rings (SSSR count). The number of hydrogen-bond acceptors (Lipinski definition) is 4. The van der Waals surface area contributed by atoms with Crippen LogP contribution in [-0.2, 0) is 18.3 Å². The smallest absolute Gasteiger partial charge is 0.238 e.